The molecule has 3 rings (SSSR count). The van der Waals surface area contributed by atoms with Crippen molar-refractivity contribution in [2.45, 2.75) is 46.8 Å². The molecule has 0 aliphatic heterocycles. The predicted octanol–water partition coefficient (Wildman–Crippen LogP) is 5.31. The minimum atomic E-state index is -0.961. The van der Waals surface area contributed by atoms with Crippen LogP contribution in [0.2, 0.25) is 5.02 Å². The Morgan fingerprint density at radius 3 is 2.48 bits per heavy atom. The zero-order valence-electron chi connectivity index (χ0n) is 18.9. The lowest BCUT2D eigenvalue weighted by atomic mass is 9.99. The first-order valence-corrected chi connectivity index (χ1v) is 11.0. The highest BCUT2D eigenvalue weighted by atomic mass is 35.5. The third-order valence-electron chi connectivity index (χ3n) is 5.67. The summed E-state index contributed by atoms with van der Waals surface area (Å²) in [5.41, 5.74) is 1.83. The first kappa shape index (κ1) is 24.3. The number of aryl methyl sites for hydroxylation is 1. The fourth-order valence-electron chi connectivity index (χ4n) is 3.25. The fraction of sp³-hybridized carbons (Fsp3) is 0.320. The maximum Gasteiger partial charge on any atom is 0.408 e. The number of alkyl carbamates (subject to hydrolysis) is 1. The Bertz CT molecular complexity index is 1220. The van der Waals surface area contributed by atoms with Gasteiger partial charge in [-0.05, 0) is 37.0 Å². The van der Waals surface area contributed by atoms with E-state index in [4.69, 9.17) is 25.5 Å². The summed E-state index contributed by atoms with van der Waals surface area (Å²) in [6, 6.07) is 11.2. The second-order valence-corrected chi connectivity index (χ2v) is 8.32. The van der Waals surface area contributed by atoms with Gasteiger partial charge < -0.3 is 19.2 Å². The zero-order valence-corrected chi connectivity index (χ0v) is 19.7. The number of carbonyl (C=O) groups is 2. The van der Waals surface area contributed by atoms with Crippen molar-refractivity contribution in [1.82, 2.24) is 5.32 Å². The van der Waals surface area contributed by atoms with Crippen LogP contribution in [0.1, 0.15) is 37.0 Å². The molecule has 1 amide bonds. The van der Waals surface area contributed by atoms with Gasteiger partial charge in [-0.2, -0.15) is 0 Å². The summed E-state index contributed by atoms with van der Waals surface area (Å²) < 4.78 is 16.1. The second-order valence-electron chi connectivity index (χ2n) is 7.91. The van der Waals surface area contributed by atoms with E-state index in [9.17, 15) is 14.4 Å². The van der Waals surface area contributed by atoms with Crippen molar-refractivity contribution in [3.05, 3.63) is 74.6 Å². The van der Waals surface area contributed by atoms with E-state index in [0.717, 1.165) is 11.1 Å². The number of amides is 1. The van der Waals surface area contributed by atoms with E-state index in [1.165, 1.54) is 6.07 Å². The first-order valence-electron chi connectivity index (χ1n) is 10.6. The Kier molecular flexibility index (Phi) is 7.76. The molecular weight excluding hydrogens is 446 g/mol. The molecule has 2 atom stereocenters. The van der Waals surface area contributed by atoms with Gasteiger partial charge in [0, 0.05) is 17.0 Å². The highest BCUT2D eigenvalue weighted by Crippen LogP contribution is 2.32. The van der Waals surface area contributed by atoms with Crippen LogP contribution >= 0.6 is 11.6 Å². The number of hydrogen-bond acceptors (Lipinski definition) is 6. The van der Waals surface area contributed by atoms with Gasteiger partial charge in [-0.3, -0.25) is 0 Å². The monoisotopic (exact) mass is 471 g/mol. The maximum absolute atomic E-state index is 13.0. The van der Waals surface area contributed by atoms with Crippen molar-refractivity contribution in [3.8, 4) is 5.75 Å². The molecule has 0 aliphatic rings. The predicted molar refractivity (Wildman–Crippen MR) is 126 cm³/mol. The lowest BCUT2D eigenvalue weighted by molar-refractivity contribution is -0.138. The van der Waals surface area contributed by atoms with Gasteiger partial charge in [-0.15, -0.1) is 0 Å². The number of hydrogen-bond donors (Lipinski definition) is 1. The molecule has 0 fully saturated rings. The summed E-state index contributed by atoms with van der Waals surface area (Å²) in [7, 11) is 0. The molecule has 1 aromatic heterocycles. The molecule has 0 aliphatic carbocycles. The first-order chi connectivity index (χ1) is 15.7. The molecule has 0 bridgehead atoms. The number of fused-ring (bicyclic) bond motifs is 1. The molecule has 0 radical (unpaired) electrons. The van der Waals surface area contributed by atoms with Crippen molar-refractivity contribution in [2.75, 3.05) is 0 Å². The van der Waals surface area contributed by atoms with Gasteiger partial charge in [0.05, 0.1) is 5.02 Å². The molecule has 2 aromatic carbocycles. The van der Waals surface area contributed by atoms with Gasteiger partial charge in [0.25, 0.3) is 0 Å². The Morgan fingerprint density at radius 2 is 1.82 bits per heavy atom. The fourth-order valence-corrected chi connectivity index (χ4v) is 3.46. The third kappa shape index (κ3) is 5.73. The number of nitrogens with one attached hydrogen (secondary N) is 1. The topological polar surface area (TPSA) is 94.8 Å². The average Bonchev–Trinajstić information content (AvgIpc) is 2.81. The van der Waals surface area contributed by atoms with Crippen molar-refractivity contribution >= 4 is 34.6 Å². The van der Waals surface area contributed by atoms with Crippen LogP contribution in [0.4, 0.5) is 4.79 Å². The van der Waals surface area contributed by atoms with E-state index in [2.05, 4.69) is 5.32 Å². The molecule has 1 N–H and O–H groups in total. The minimum Gasteiger partial charge on any atom is -0.445 e. The van der Waals surface area contributed by atoms with E-state index in [1.807, 2.05) is 44.2 Å². The summed E-state index contributed by atoms with van der Waals surface area (Å²) in [5, 5.41) is 3.42. The maximum atomic E-state index is 13.0. The van der Waals surface area contributed by atoms with E-state index in [0.29, 0.717) is 17.4 Å². The van der Waals surface area contributed by atoms with Crippen molar-refractivity contribution < 1.29 is 23.5 Å². The summed E-state index contributed by atoms with van der Waals surface area (Å²) in [6.45, 7) is 7.24. The van der Waals surface area contributed by atoms with Crippen LogP contribution in [-0.4, -0.2) is 18.1 Å². The molecule has 7 nitrogen and oxygen atoms in total. The molecule has 0 saturated carbocycles. The van der Waals surface area contributed by atoms with E-state index in [1.54, 1.807) is 19.9 Å². The van der Waals surface area contributed by atoms with E-state index >= 15 is 0 Å². The number of rotatable bonds is 7. The molecule has 1 heterocycles. The number of carbonyl (C=O) groups excluding carboxylic acids is 2. The zero-order chi connectivity index (χ0) is 24.1. The smallest absolute Gasteiger partial charge is 0.408 e. The minimum absolute atomic E-state index is 0.0355. The van der Waals surface area contributed by atoms with Gasteiger partial charge >= 0.3 is 17.7 Å². The lowest BCUT2D eigenvalue weighted by Crippen LogP contribution is -2.47. The number of esters is 1. The van der Waals surface area contributed by atoms with Crippen LogP contribution in [-0.2, 0) is 16.1 Å². The average molecular weight is 472 g/mol. The molecule has 0 spiro atoms. The van der Waals surface area contributed by atoms with Crippen LogP contribution < -0.4 is 15.7 Å². The van der Waals surface area contributed by atoms with Gasteiger partial charge in [0.2, 0.25) is 0 Å². The van der Waals surface area contributed by atoms with Gasteiger partial charge in [0.1, 0.15) is 18.2 Å². The normalized spacial score (nSPS) is 12.8. The SMILES string of the molecule is CC[C@@H](C)[C@@H](NC(=O)OCc1ccccc1)C(=O)Oc1cc2oc(=O)c(C)c(C)c2cc1Cl. The van der Waals surface area contributed by atoms with Crippen LogP contribution in [0.15, 0.2) is 51.7 Å². The van der Waals surface area contributed by atoms with Crippen molar-refractivity contribution in [2.24, 2.45) is 5.92 Å². The Hall–Kier alpha value is -3.32. The number of ether oxygens (including phenoxy) is 2. The van der Waals surface area contributed by atoms with Crippen LogP contribution in [0.3, 0.4) is 0 Å². The second kappa shape index (κ2) is 10.5. The van der Waals surface area contributed by atoms with Gasteiger partial charge in [-0.25, -0.2) is 14.4 Å². The number of benzene rings is 2. The summed E-state index contributed by atoms with van der Waals surface area (Å²) in [6.07, 6.45) is -0.125. The standard InChI is InChI=1S/C25H26ClNO6/c1-5-14(2)22(27-25(30)31-13-17-9-7-6-8-10-17)24(29)33-21-12-20-18(11-19(21)26)15(3)16(4)23(28)32-20/h6-12,14,22H,5,13H2,1-4H3,(H,27,30)/t14-,22-/m1/s1. The molecule has 8 heteroatoms. The van der Waals surface area contributed by atoms with E-state index in [-0.39, 0.29) is 28.9 Å². The quantitative estimate of drug-likeness (QED) is 0.285. The molecule has 0 saturated heterocycles. The van der Waals surface area contributed by atoms with Gasteiger partial charge in [-0.1, -0.05) is 62.2 Å². The molecular formula is C25H26ClNO6. The Balaban J connectivity index is 1.77. The van der Waals surface area contributed by atoms with Gasteiger partial charge in [0.15, 0.2) is 5.75 Å². The molecule has 174 valence electrons. The lowest BCUT2D eigenvalue weighted by Gasteiger charge is -2.22. The summed E-state index contributed by atoms with van der Waals surface area (Å²) >= 11 is 6.34. The third-order valence-corrected chi connectivity index (χ3v) is 5.97. The molecule has 3 aromatic rings. The molecule has 0 unspecified atom stereocenters. The highest BCUT2D eigenvalue weighted by molar-refractivity contribution is 6.33. The molecule has 33 heavy (non-hydrogen) atoms. The van der Waals surface area contributed by atoms with Crippen molar-refractivity contribution in [3.63, 3.8) is 0 Å². The van der Waals surface area contributed by atoms with Crippen molar-refractivity contribution in [1.29, 1.82) is 0 Å². The number of halogens is 1. The van der Waals surface area contributed by atoms with E-state index < -0.39 is 23.7 Å². The van der Waals surface area contributed by atoms with Crippen LogP contribution in [0, 0.1) is 19.8 Å². The highest BCUT2D eigenvalue weighted by Gasteiger charge is 2.29. The van der Waals surface area contributed by atoms with Crippen LogP contribution in [0.25, 0.3) is 11.0 Å². The Labute approximate surface area is 196 Å². The largest absolute Gasteiger partial charge is 0.445 e. The summed E-state index contributed by atoms with van der Waals surface area (Å²) in [4.78, 5) is 37.3. The summed E-state index contributed by atoms with van der Waals surface area (Å²) in [5.74, 6) is -0.898. The van der Waals surface area contributed by atoms with Crippen LogP contribution in [0.5, 0.6) is 5.75 Å². The Morgan fingerprint density at radius 1 is 1.12 bits per heavy atom.